The smallest absolute Gasteiger partial charge is 0.335 e. The van der Waals surface area contributed by atoms with Crippen LogP contribution in [0.2, 0.25) is 0 Å². The maximum atomic E-state index is 14.2. The first-order valence-electron chi connectivity index (χ1n) is 31.3. The third-order valence-corrected chi connectivity index (χ3v) is 23.0. The molecule has 0 bridgehead atoms. The number of hydrogen-bond donors (Lipinski definition) is 13. The van der Waals surface area contributed by atoms with Crippen LogP contribution in [-0.2, 0) is 71.3 Å². The van der Waals surface area contributed by atoms with Crippen molar-refractivity contribution in [2.45, 2.75) is 269 Å². The van der Waals surface area contributed by atoms with Gasteiger partial charge in [0.15, 0.2) is 43.5 Å². The summed E-state index contributed by atoms with van der Waals surface area (Å²) in [4.78, 5) is 51.8. The second kappa shape index (κ2) is 25.9. The van der Waals surface area contributed by atoms with Gasteiger partial charge in [0, 0.05) is 24.8 Å². The molecule has 9 rings (SSSR count). The number of fused-ring (bicyclic) bond motifs is 7. The van der Waals surface area contributed by atoms with E-state index in [1.54, 1.807) is 6.92 Å². The van der Waals surface area contributed by atoms with Gasteiger partial charge in [0.2, 0.25) is 0 Å². The monoisotopic (exact) mass is 1290 g/mol. The second-order valence-electron chi connectivity index (χ2n) is 28.7. The van der Waals surface area contributed by atoms with Gasteiger partial charge in [-0.2, -0.15) is 0 Å². The molecule has 28 heteroatoms. The van der Waals surface area contributed by atoms with Crippen LogP contribution in [0.4, 0.5) is 0 Å². The van der Waals surface area contributed by atoms with Gasteiger partial charge in [0.1, 0.15) is 79.4 Å². The first-order chi connectivity index (χ1) is 41.9. The summed E-state index contributed by atoms with van der Waals surface area (Å²) in [5.74, 6) is -5.23. The Balaban J connectivity index is 1.05. The molecule has 9 aliphatic rings. The highest BCUT2D eigenvalue weighted by molar-refractivity contribution is 5.87. The Labute approximate surface area is 522 Å². The number of esters is 3. The fraction of sp³-hybridized carbons (Fsp3) is 0.871. The molecular weight excluding hydrogens is 1190 g/mol. The number of ether oxygens (including phenoxy) is 11. The summed E-state index contributed by atoms with van der Waals surface area (Å²) in [7, 11) is 0. The van der Waals surface area contributed by atoms with Crippen molar-refractivity contribution in [1.29, 1.82) is 0 Å². The average Bonchev–Trinajstić information content (AvgIpc) is 0.665. The van der Waals surface area contributed by atoms with E-state index >= 15 is 0 Å². The molecule has 31 atom stereocenters. The number of carbonyl (C=O) groups excluding carboxylic acids is 3. The van der Waals surface area contributed by atoms with Gasteiger partial charge in [-0.3, -0.25) is 9.59 Å². The third kappa shape index (κ3) is 11.6. The zero-order chi connectivity index (χ0) is 66.6. The van der Waals surface area contributed by atoms with Gasteiger partial charge in [-0.15, -0.1) is 0 Å². The molecule has 0 amide bonds. The summed E-state index contributed by atoms with van der Waals surface area (Å²) in [6, 6.07) is 0. The van der Waals surface area contributed by atoms with Crippen molar-refractivity contribution in [3.05, 3.63) is 23.3 Å². The number of allylic oxidation sites excluding steroid dienone is 2. The predicted octanol–water partition coefficient (Wildman–Crippen LogP) is -1.26. The minimum Gasteiger partial charge on any atom is -0.479 e. The van der Waals surface area contributed by atoms with Gasteiger partial charge in [-0.25, -0.2) is 9.59 Å². The Hall–Kier alpha value is -3.44. The van der Waals surface area contributed by atoms with Gasteiger partial charge in [-0.1, -0.05) is 66.2 Å². The summed E-state index contributed by atoms with van der Waals surface area (Å²) in [6.45, 7) is 18.7. The fourth-order valence-electron chi connectivity index (χ4n) is 17.8. The van der Waals surface area contributed by atoms with Crippen LogP contribution in [0.25, 0.3) is 0 Å². The van der Waals surface area contributed by atoms with Crippen molar-refractivity contribution in [3.8, 4) is 0 Å². The molecule has 28 nitrogen and oxygen atoms in total. The lowest BCUT2D eigenvalue weighted by Crippen LogP contribution is -2.77. The number of hydrogen-bond acceptors (Lipinski definition) is 27. The molecule has 4 heterocycles. The molecule has 0 radical (unpaired) electrons. The van der Waals surface area contributed by atoms with E-state index in [0.717, 1.165) is 19.4 Å². The van der Waals surface area contributed by atoms with E-state index in [-0.39, 0.29) is 30.3 Å². The number of rotatable bonds is 15. The van der Waals surface area contributed by atoms with Gasteiger partial charge < -0.3 is 118 Å². The normalized spacial score (nSPS) is 49.9. The van der Waals surface area contributed by atoms with Crippen LogP contribution in [0.5, 0.6) is 0 Å². The second-order valence-corrected chi connectivity index (χ2v) is 28.7. The molecule has 0 spiro atoms. The van der Waals surface area contributed by atoms with E-state index in [4.69, 9.17) is 52.1 Å². The highest BCUT2D eigenvalue weighted by atomic mass is 16.8. The summed E-state index contributed by atoms with van der Waals surface area (Å²) in [5, 5.41) is 147. The van der Waals surface area contributed by atoms with Crippen molar-refractivity contribution >= 4 is 23.9 Å². The van der Waals surface area contributed by atoms with Crippen LogP contribution in [-0.4, -0.2) is 257 Å². The summed E-state index contributed by atoms with van der Waals surface area (Å²) >= 11 is 0. The average molecular weight is 1290 g/mol. The van der Waals surface area contributed by atoms with E-state index in [0.29, 0.717) is 25.7 Å². The molecule has 0 aromatic heterocycles. The molecule has 4 aliphatic heterocycles. The van der Waals surface area contributed by atoms with E-state index in [1.165, 1.54) is 19.9 Å². The largest absolute Gasteiger partial charge is 0.479 e. The topological polar surface area (TPSA) is 433 Å². The van der Waals surface area contributed by atoms with Crippen LogP contribution in [0, 0.1) is 50.2 Å². The van der Waals surface area contributed by atoms with Crippen LogP contribution < -0.4 is 0 Å². The molecule has 4 saturated heterocycles. The Morgan fingerprint density at radius 2 is 1.26 bits per heavy atom. The van der Waals surface area contributed by atoms with Crippen molar-refractivity contribution in [2.75, 3.05) is 19.8 Å². The van der Waals surface area contributed by atoms with Crippen LogP contribution in [0.1, 0.15) is 122 Å². The van der Waals surface area contributed by atoms with Crippen molar-refractivity contribution < 1.29 is 138 Å². The third-order valence-electron chi connectivity index (χ3n) is 23.0. The summed E-state index contributed by atoms with van der Waals surface area (Å²) < 4.78 is 66.9. The molecule has 0 aromatic carbocycles. The maximum absolute atomic E-state index is 14.2. The number of aliphatic hydroxyl groups is 12. The van der Waals surface area contributed by atoms with Gasteiger partial charge in [0.05, 0.1) is 49.7 Å². The van der Waals surface area contributed by atoms with E-state index in [9.17, 15) is 85.6 Å². The zero-order valence-corrected chi connectivity index (χ0v) is 53.0. The lowest BCUT2D eigenvalue weighted by molar-refractivity contribution is -0.392. The van der Waals surface area contributed by atoms with E-state index < -0.39 is 229 Å². The minimum atomic E-state index is -2.16. The van der Waals surface area contributed by atoms with Crippen LogP contribution >= 0.6 is 0 Å². The number of aliphatic hydroxyl groups excluding tert-OH is 12. The van der Waals surface area contributed by atoms with Crippen molar-refractivity contribution in [2.24, 2.45) is 50.2 Å². The van der Waals surface area contributed by atoms with Crippen LogP contribution in [0.3, 0.4) is 0 Å². The molecular formula is C62H96O28. The van der Waals surface area contributed by atoms with Crippen molar-refractivity contribution in [1.82, 2.24) is 0 Å². The van der Waals surface area contributed by atoms with E-state index in [1.807, 2.05) is 34.6 Å². The standard InChI is InChI=1S/C62H96O28/c1-13-24(2)52(79)89-50-49(90-55-41(74)44(83-27(5)66)42(25(3)81-55)82-26(4)65)57(6,7)20-29-28-14-15-33-59(10)18-17-34(58(8,9)32(59)16-19-60(33,11)61(28,12)47(75)48(76)62(29,50)23-64)85-56-46(88-54-39(72)37(70)36(69)31(21-63)84-54)43(40(73)45(87-56)51(77)78)86-53-38(71)35(68)30(67)22-80-53/h13-14,25,29-50,53-56,63-64,67-76H,15-23H2,1-12H3,(H,77,78)/b24-13-/t25-,29-,30-,31+,32-,33+,34-,35-,36+,37-,38+,39+,40-,41+,42-,43-,44-,45-,46+,47-,48+,49-,50-,53-,54-,55-,56+,59-,60+,61-,62-/m0/s1. The molecule has 512 valence electrons. The minimum absolute atomic E-state index is 0.171. The molecule has 0 aromatic rings. The highest BCUT2D eigenvalue weighted by Crippen LogP contribution is 2.76. The number of aliphatic carboxylic acids is 1. The van der Waals surface area contributed by atoms with E-state index in [2.05, 4.69) is 19.9 Å². The Morgan fingerprint density at radius 1 is 0.633 bits per heavy atom. The van der Waals surface area contributed by atoms with Gasteiger partial charge >= 0.3 is 23.9 Å². The molecule has 13 N–H and O–H groups in total. The van der Waals surface area contributed by atoms with Gasteiger partial charge in [-0.05, 0) is 98.7 Å². The van der Waals surface area contributed by atoms with Crippen LogP contribution in [0.15, 0.2) is 23.3 Å². The number of carboxylic acid groups (broad SMARTS) is 1. The zero-order valence-electron chi connectivity index (χ0n) is 53.0. The van der Waals surface area contributed by atoms with Gasteiger partial charge in [0.25, 0.3) is 0 Å². The first kappa shape index (κ1) is 70.9. The SMILES string of the molecule is C/C=C(/C)C(=O)O[C@H]1[C@H](O[C@@H]2O[C@@H](C)[C@H](OC(C)=O)[C@@H](OC(C)=O)[C@H]2O)C(C)(C)C[C@H]2C3=CC[C@@H]4[C@@]5(C)CC[C@H](O[C@@H]6O[C@H](C(=O)O)[C@@H](O)[C@H](O[C@@H]7OC[C@H](O)[C@H](O)[C@H]7O)[C@H]6O[C@@H]6O[C@H](CO)[C@@H](O)[C@H](O)[C@H]6O)C(C)(C)[C@@H]5CC[C@@]4(C)[C@]3(C)[C@@H](O)[C@@H](O)[C@]21CO. The molecule has 5 aliphatic carbocycles. The Kier molecular flexibility index (Phi) is 20.4. The summed E-state index contributed by atoms with van der Waals surface area (Å²) in [6.07, 6.45) is -34.5. The lowest BCUT2D eigenvalue weighted by atomic mass is 9.32. The molecule has 8 fully saturated rings. The maximum Gasteiger partial charge on any atom is 0.335 e. The van der Waals surface area contributed by atoms with Crippen molar-refractivity contribution in [3.63, 3.8) is 0 Å². The first-order valence-corrected chi connectivity index (χ1v) is 31.3. The number of carboxylic acids is 1. The summed E-state index contributed by atoms with van der Waals surface area (Å²) in [5.41, 5.74) is -5.45. The predicted molar refractivity (Wildman–Crippen MR) is 304 cm³/mol. The Bertz CT molecular complexity index is 2690. The molecule has 0 unspecified atom stereocenters. The highest BCUT2D eigenvalue weighted by Gasteiger charge is 2.77. The fourth-order valence-corrected chi connectivity index (χ4v) is 17.8. The number of carbonyl (C=O) groups is 4. The molecule has 90 heavy (non-hydrogen) atoms. The lowest BCUT2D eigenvalue weighted by Gasteiger charge is -2.73. The molecule has 4 saturated carbocycles. The Morgan fingerprint density at radius 3 is 1.87 bits per heavy atom. The quantitative estimate of drug-likeness (QED) is 0.0299.